The van der Waals surface area contributed by atoms with Crippen molar-refractivity contribution in [3.05, 3.63) is 40.0 Å². The highest BCUT2D eigenvalue weighted by molar-refractivity contribution is 9.10. The average molecular weight is 352 g/mol. The van der Waals surface area contributed by atoms with E-state index in [1.54, 1.807) is 24.3 Å². The third kappa shape index (κ3) is 3.78. The Kier molecular flexibility index (Phi) is 4.90. The first-order valence-electron chi connectivity index (χ1n) is 6.52. The van der Waals surface area contributed by atoms with Crippen LogP contribution in [0, 0.1) is 0 Å². The number of benzene rings is 1. The molecule has 0 bridgehead atoms. The van der Waals surface area contributed by atoms with Crippen LogP contribution in [0.5, 0.6) is 0 Å². The maximum Gasteiger partial charge on any atom is 0.336 e. The monoisotopic (exact) mass is 351 g/mol. The highest BCUT2D eigenvalue weighted by atomic mass is 79.9. The number of aromatic nitrogens is 1. The molecule has 1 aromatic heterocycles. The van der Waals surface area contributed by atoms with Gasteiger partial charge < -0.3 is 10.2 Å². The predicted molar refractivity (Wildman–Crippen MR) is 81.6 cm³/mol. The molecule has 0 aliphatic heterocycles. The molecule has 0 aliphatic carbocycles. The van der Waals surface area contributed by atoms with Crippen molar-refractivity contribution < 1.29 is 19.8 Å². The third-order valence-corrected chi connectivity index (χ3v) is 3.81. The van der Waals surface area contributed by atoms with Gasteiger partial charge in [0, 0.05) is 22.0 Å². The summed E-state index contributed by atoms with van der Waals surface area (Å²) in [6.07, 6.45) is 2.17. The number of aromatic carboxylic acids is 1. The SMILES string of the molecule is O=C(O)CCCCc1ccc2c(C(=O)O)ccc(Br)c2n1. The van der Waals surface area contributed by atoms with E-state index in [0.717, 1.165) is 16.6 Å². The van der Waals surface area contributed by atoms with Gasteiger partial charge >= 0.3 is 11.9 Å². The van der Waals surface area contributed by atoms with Gasteiger partial charge in [0.15, 0.2) is 0 Å². The Morgan fingerprint density at radius 3 is 2.52 bits per heavy atom. The second-order valence-corrected chi connectivity index (χ2v) is 5.55. The van der Waals surface area contributed by atoms with Crippen LogP contribution in [0.3, 0.4) is 0 Å². The summed E-state index contributed by atoms with van der Waals surface area (Å²) >= 11 is 3.38. The number of pyridine rings is 1. The lowest BCUT2D eigenvalue weighted by Gasteiger charge is -2.07. The van der Waals surface area contributed by atoms with Crippen molar-refractivity contribution in [2.75, 3.05) is 0 Å². The van der Waals surface area contributed by atoms with Crippen molar-refractivity contribution in [3.63, 3.8) is 0 Å². The molecule has 2 aromatic rings. The van der Waals surface area contributed by atoms with Crippen LogP contribution >= 0.6 is 15.9 Å². The fraction of sp³-hybridized carbons (Fsp3) is 0.267. The molecule has 0 unspecified atom stereocenters. The van der Waals surface area contributed by atoms with Crippen molar-refractivity contribution in [1.29, 1.82) is 0 Å². The molecule has 0 spiro atoms. The van der Waals surface area contributed by atoms with Crippen LogP contribution in [0.15, 0.2) is 28.7 Å². The van der Waals surface area contributed by atoms with Gasteiger partial charge in [0.1, 0.15) is 0 Å². The number of carbonyl (C=O) groups is 2. The molecule has 0 atom stereocenters. The van der Waals surface area contributed by atoms with Gasteiger partial charge in [-0.3, -0.25) is 9.78 Å². The van der Waals surface area contributed by atoms with E-state index in [0.29, 0.717) is 23.7 Å². The summed E-state index contributed by atoms with van der Waals surface area (Å²) in [6.45, 7) is 0. The minimum Gasteiger partial charge on any atom is -0.481 e. The van der Waals surface area contributed by atoms with Crippen LogP contribution in [0.25, 0.3) is 10.9 Å². The Hall–Kier alpha value is -1.95. The second kappa shape index (κ2) is 6.67. The number of carboxylic acids is 2. The van der Waals surface area contributed by atoms with Crippen molar-refractivity contribution in [2.24, 2.45) is 0 Å². The lowest BCUT2D eigenvalue weighted by Crippen LogP contribution is -2.00. The zero-order chi connectivity index (χ0) is 15.4. The van der Waals surface area contributed by atoms with E-state index < -0.39 is 11.9 Å². The predicted octanol–water partition coefficient (Wildman–Crippen LogP) is 3.49. The van der Waals surface area contributed by atoms with E-state index in [2.05, 4.69) is 20.9 Å². The molecular formula is C15H14BrNO4. The van der Waals surface area contributed by atoms with E-state index in [4.69, 9.17) is 10.2 Å². The molecule has 0 saturated heterocycles. The molecule has 6 heteroatoms. The number of fused-ring (bicyclic) bond motifs is 1. The first-order chi connectivity index (χ1) is 9.99. The summed E-state index contributed by atoms with van der Waals surface area (Å²) < 4.78 is 0.745. The van der Waals surface area contributed by atoms with Gasteiger partial charge in [0.05, 0.1) is 11.1 Å². The molecule has 0 radical (unpaired) electrons. The number of nitrogens with zero attached hydrogens (tertiary/aromatic N) is 1. The number of carboxylic acid groups (broad SMARTS) is 2. The lowest BCUT2D eigenvalue weighted by atomic mass is 10.1. The van der Waals surface area contributed by atoms with Gasteiger partial charge in [-0.15, -0.1) is 0 Å². The summed E-state index contributed by atoms with van der Waals surface area (Å²) in [7, 11) is 0. The van der Waals surface area contributed by atoms with E-state index in [-0.39, 0.29) is 12.0 Å². The zero-order valence-electron chi connectivity index (χ0n) is 11.2. The minimum absolute atomic E-state index is 0.153. The molecule has 2 N–H and O–H groups in total. The van der Waals surface area contributed by atoms with Gasteiger partial charge in [-0.1, -0.05) is 6.07 Å². The second-order valence-electron chi connectivity index (χ2n) is 4.70. The molecule has 0 amide bonds. The number of unbranched alkanes of at least 4 members (excludes halogenated alkanes) is 1. The molecule has 1 aromatic carbocycles. The summed E-state index contributed by atoms with van der Waals surface area (Å²) in [5.74, 6) is -1.78. The smallest absolute Gasteiger partial charge is 0.336 e. The summed E-state index contributed by atoms with van der Waals surface area (Å²) in [5, 5.41) is 18.4. The fourth-order valence-corrected chi connectivity index (χ4v) is 2.57. The Labute approximate surface area is 129 Å². The van der Waals surface area contributed by atoms with Crippen LogP contribution in [0.1, 0.15) is 35.3 Å². The molecule has 5 nitrogen and oxygen atoms in total. The number of aryl methyl sites for hydroxylation is 1. The molecule has 0 aliphatic rings. The maximum atomic E-state index is 11.2. The van der Waals surface area contributed by atoms with E-state index in [1.807, 2.05) is 0 Å². The summed E-state index contributed by atoms with van der Waals surface area (Å²) in [6, 6.07) is 6.76. The lowest BCUT2D eigenvalue weighted by molar-refractivity contribution is -0.137. The maximum absolute atomic E-state index is 11.2. The van der Waals surface area contributed by atoms with Crippen molar-refractivity contribution >= 4 is 38.8 Å². The normalized spacial score (nSPS) is 10.7. The molecule has 2 rings (SSSR count). The first-order valence-corrected chi connectivity index (χ1v) is 7.31. The Bertz CT molecular complexity index is 699. The van der Waals surface area contributed by atoms with Crippen LogP contribution in [0.2, 0.25) is 0 Å². The molecular weight excluding hydrogens is 338 g/mol. The topological polar surface area (TPSA) is 87.5 Å². The number of hydrogen-bond donors (Lipinski definition) is 2. The van der Waals surface area contributed by atoms with E-state index in [9.17, 15) is 9.59 Å². The number of rotatable bonds is 6. The largest absolute Gasteiger partial charge is 0.481 e. The van der Waals surface area contributed by atoms with Crippen LogP contribution in [-0.2, 0) is 11.2 Å². The zero-order valence-corrected chi connectivity index (χ0v) is 12.8. The van der Waals surface area contributed by atoms with Crippen molar-refractivity contribution in [3.8, 4) is 0 Å². The molecule has 21 heavy (non-hydrogen) atoms. The Morgan fingerprint density at radius 1 is 1.10 bits per heavy atom. The first kappa shape index (κ1) is 15.4. The standard InChI is InChI=1S/C15H14BrNO4/c16-12-8-7-11(15(20)21)10-6-5-9(17-14(10)12)3-1-2-4-13(18)19/h5-8H,1-4H2,(H,18,19)(H,20,21). The van der Waals surface area contributed by atoms with Crippen molar-refractivity contribution in [1.82, 2.24) is 4.98 Å². The van der Waals surface area contributed by atoms with E-state index in [1.165, 1.54) is 0 Å². The number of aliphatic carboxylic acids is 1. The molecule has 0 fully saturated rings. The van der Waals surface area contributed by atoms with Crippen LogP contribution in [-0.4, -0.2) is 27.1 Å². The minimum atomic E-state index is -0.983. The van der Waals surface area contributed by atoms with Crippen LogP contribution in [0.4, 0.5) is 0 Å². The highest BCUT2D eigenvalue weighted by Crippen LogP contribution is 2.26. The highest BCUT2D eigenvalue weighted by Gasteiger charge is 2.12. The quantitative estimate of drug-likeness (QED) is 0.777. The van der Waals surface area contributed by atoms with Gasteiger partial charge in [0.25, 0.3) is 0 Å². The Balaban J connectivity index is 2.23. The number of halogens is 1. The van der Waals surface area contributed by atoms with E-state index >= 15 is 0 Å². The Morgan fingerprint density at radius 2 is 1.86 bits per heavy atom. The number of hydrogen-bond acceptors (Lipinski definition) is 3. The van der Waals surface area contributed by atoms with Gasteiger partial charge in [-0.05, 0) is 53.4 Å². The summed E-state index contributed by atoms with van der Waals surface area (Å²) in [4.78, 5) is 26.1. The molecule has 0 saturated carbocycles. The van der Waals surface area contributed by atoms with Gasteiger partial charge in [-0.2, -0.15) is 0 Å². The van der Waals surface area contributed by atoms with Crippen molar-refractivity contribution in [2.45, 2.75) is 25.7 Å². The fourth-order valence-electron chi connectivity index (χ4n) is 2.13. The average Bonchev–Trinajstić information content (AvgIpc) is 2.44. The molecule has 1 heterocycles. The third-order valence-electron chi connectivity index (χ3n) is 3.17. The van der Waals surface area contributed by atoms with Crippen LogP contribution < -0.4 is 0 Å². The van der Waals surface area contributed by atoms with Gasteiger partial charge in [0.2, 0.25) is 0 Å². The summed E-state index contributed by atoms with van der Waals surface area (Å²) in [5.41, 5.74) is 1.67. The molecule has 110 valence electrons. The van der Waals surface area contributed by atoms with Gasteiger partial charge in [-0.25, -0.2) is 4.79 Å².